The molecule has 1 aliphatic rings. The van der Waals surface area contributed by atoms with Gasteiger partial charge in [-0.2, -0.15) is 0 Å². The average molecular weight is 262 g/mol. The molecule has 0 aromatic carbocycles. The SMILES string of the molecule is Cc1ccc(C(N)=O)c(N2CCCC(CCN)C2)n1. The Morgan fingerprint density at radius 3 is 3.00 bits per heavy atom. The third-order valence-electron chi connectivity index (χ3n) is 3.67. The molecule has 1 saturated heterocycles. The van der Waals surface area contributed by atoms with E-state index < -0.39 is 5.91 Å². The van der Waals surface area contributed by atoms with Crippen LogP contribution in [0.4, 0.5) is 5.82 Å². The van der Waals surface area contributed by atoms with E-state index in [0.29, 0.717) is 18.0 Å². The Bertz CT molecular complexity index is 459. The number of nitrogens with zero attached hydrogens (tertiary/aromatic N) is 2. The van der Waals surface area contributed by atoms with Gasteiger partial charge < -0.3 is 16.4 Å². The van der Waals surface area contributed by atoms with E-state index in [4.69, 9.17) is 11.5 Å². The molecule has 1 aliphatic heterocycles. The third kappa shape index (κ3) is 3.23. The van der Waals surface area contributed by atoms with Gasteiger partial charge in [0, 0.05) is 18.8 Å². The Morgan fingerprint density at radius 1 is 1.53 bits per heavy atom. The van der Waals surface area contributed by atoms with Gasteiger partial charge in [-0.05, 0) is 50.8 Å². The molecule has 1 aromatic rings. The summed E-state index contributed by atoms with van der Waals surface area (Å²) in [5, 5.41) is 0. The first-order valence-corrected chi connectivity index (χ1v) is 6.84. The predicted octanol–water partition coefficient (Wildman–Crippen LogP) is 1.05. The second kappa shape index (κ2) is 6.02. The Morgan fingerprint density at radius 2 is 2.32 bits per heavy atom. The van der Waals surface area contributed by atoms with Gasteiger partial charge >= 0.3 is 0 Å². The lowest BCUT2D eigenvalue weighted by molar-refractivity contribution is 0.100. The zero-order valence-electron chi connectivity index (χ0n) is 11.4. The molecule has 5 nitrogen and oxygen atoms in total. The van der Waals surface area contributed by atoms with Crippen LogP contribution in [-0.2, 0) is 0 Å². The molecule has 1 amide bonds. The van der Waals surface area contributed by atoms with Crippen LogP contribution in [0.5, 0.6) is 0 Å². The fourth-order valence-corrected chi connectivity index (χ4v) is 2.71. The molecule has 5 heteroatoms. The molecular formula is C14H22N4O. The summed E-state index contributed by atoms with van der Waals surface area (Å²) < 4.78 is 0. The lowest BCUT2D eigenvalue weighted by Gasteiger charge is -2.34. The fourth-order valence-electron chi connectivity index (χ4n) is 2.71. The van der Waals surface area contributed by atoms with Crippen LogP contribution in [0.3, 0.4) is 0 Å². The highest BCUT2D eigenvalue weighted by molar-refractivity contribution is 5.97. The summed E-state index contributed by atoms with van der Waals surface area (Å²) in [6.45, 7) is 4.48. The van der Waals surface area contributed by atoms with Crippen molar-refractivity contribution < 1.29 is 4.79 Å². The third-order valence-corrected chi connectivity index (χ3v) is 3.67. The smallest absolute Gasteiger partial charge is 0.252 e. The van der Waals surface area contributed by atoms with Crippen LogP contribution >= 0.6 is 0 Å². The van der Waals surface area contributed by atoms with Crippen molar-refractivity contribution in [3.8, 4) is 0 Å². The summed E-state index contributed by atoms with van der Waals surface area (Å²) in [6.07, 6.45) is 3.33. The highest BCUT2D eigenvalue weighted by Crippen LogP contribution is 2.26. The van der Waals surface area contributed by atoms with E-state index in [9.17, 15) is 4.79 Å². The monoisotopic (exact) mass is 262 g/mol. The number of nitrogens with two attached hydrogens (primary N) is 2. The highest BCUT2D eigenvalue weighted by Gasteiger charge is 2.23. The zero-order chi connectivity index (χ0) is 13.8. The minimum Gasteiger partial charge on any atom is -0.365 e. The predicted molar refractivity (Wildman–Crippen MR) is 76.1 cm³/mol. The number of hydrogen-bond acceptors (Lipinski definition) is 4. The molecule has 1 aromatic heterocycles. The number of piperidine rings is 1. The van der Waals surface area contributed by atoms with E-state index >= 15 is 0 Å². The number of carbonyl (C=O) groups excluding carboxylic acids is 1. The molecular weight excluding hydrogens is 240 g/mol. The maximum Gasteiger partial charge on any atom is 0.252 e. The molecule has 0 spiro atoms. The number of hydrogen-bond donors (Lipinski definition) is 2. The number of primary amides is 1. The number of pyridine rings is 1. The van der Waals surface area contributed by atoms with Gasteiger partial charge in [-0.1, -0.05) is 0 Å². The minimum atomic E-state index is -0.413. The standard InChI is InChI=1S/C14H22N4O/c1-10-4-5-12(13(16)19)14(17-10)18-8-2-3-11(9-18)6-7-15/h4-5,11H,2-3,6-9,15H2,1H3,(H2,16,19). The topological polar surface area (TPSA) is 85.2 Å². The average Bonchev–Trinajstić information content (AvgIpc) is 2.39. The fraction of sp³-hybridized carbons (Fsp3) is 0.571. The molecule has 2 rings (SSSR count). The summed E-state index contributed by atoms with van der Waals surface area (Å²) in [7, 11) is 0. The van der Waals surface area contributed by atoms with E-state index in [1.54, 1.807) is 6.07 Å². The maximum absolute atomic E-state index is 11.5. The first kappa shape index (κ1) is 13.8. The maximum atomic E-state index is 11.5. The van der Waals surface area contributed by atoms with E-state index in [-0.39, 0.29) is 0 Å². The normalized spacial score (nSPS) is 19.5. The van der Waals surface area contributed by atoms with Crippen LogP contribution in [0.1, 0.15) is 35.3 Å². The molecule has 1 unspecified atom stereocenters. The van der Waals surface area contributed by atoms with Crippen molar-refractivity contribution >= 4 is 11.7 Å². The summed E-state index contributed by atoms with van der Waals surface area (Å²) >= 11 is 0. The molecule has 0 radical (unpaired) electrons. The van der Waals surface area contributed by atoms with Gasteiger partial charge in [0.05, 0.1) is 5.56 Å². The molecule has 0 bridgehead atoms. The molecule has 104 valence electrons. The Balaban J connectivity index is 2.24. The van der Waals surface area contributed by atoms with Gasteiger partial charge in [0.2, 0.25) is 0 Å². The Hall–Kier alpha value is -1.62. The van der Waals surface area contributed by atoms with Crippen LogP contribution < -0.4 is 16.4 Å². The van der Waals surface area contributed by atoms with Crippen LogP contribution in [0.15, 0.2) is 12.1 Å². The molecule has 4 N–H and O–H groups in total. The number of carbonyl (C=O) groups is 1. The van der Waals surface area contributed by atoms with E-state index in [0.717, 1.165) is 37.4 Å². The van der Waals surface area contributed by atoms with Crippen molar-refractivity contribution in [2.45, 2.75) is 26.2 Å². The minimum absolute atomic E-state index is 0.413. The molecule has 19 heavy (non-hydrogen) atoms. The lowest BCUT2D eigenvalue weighted by Crippen LogP contribution is -2.38. The number of anilines is 1. The number of amides is 1. The van der Waals surface area contributed by atoms with Crippen molar-refractivity contribution in [3.05, 3.63) is 23.4 Å². The highest BCUT2D eigenvalue weighted by atomic mass is 16.1. The Labute approximate surface area is 114 Å². The van der Waals surface area contributed by atoms with E-state index in [1.807, 2.05) is 13.0 Å². The summed E-state index contributed by atoms with van der Waals surface area (Å²) in [5.41, 5.74) is 12.5. The number of aryl methyl sites for hydroxylation is 1. The summed E-state index contributed by atoms with van der Waals surface area (Å²) in [4.78, 5) is 18.2. The number of aromatic nitrogens is 1. The van der Waals surface area contributed by atoms with Crippen LogP contribution in [-0.4, -0.2) is 30.5 Å². The quantitative estimate of drug-likeness (QED) is 0.849. The van der Waals surface area contributed by atoms with Gasteiger partial charge in [-0.15, -0.1) is 0 Å². The Kier molecular flexibility index (Phi) is 4.37. The van der Waals surface area contributed by atoms with Gasteiger partial charge in [0.15, 0.2) is 0 Å². The van der Waals surface area contributed by atoms with Gasteiger partial charge in [-0.25, -0.2) is 4.98 Å². The molecule has 0 saturated carbocycles. The molecule has 2 heterocycles. The summed E-state index contributed by atoms with van der Waals surface area (Å²) in [6, 6.07) is 3.59. The van der Waals surface area contributed by atoms with Crippen molar-refractivity contribution in [1.29, 1.82) is 0 Å². The van der Waals surface area contributed by atoms with Gasteiger partial charge in [-0.3, -0.25) is 4.79 Å². The van der Waals surface area contributed by atoms with E-state index in [2.05, 4.69) is 9.88 Å². The second-order valence-electron chi connectivity index (χ2n) is 5.22. The van der Waals surface area contributed by atoms with Crippen molar-refractivity contribution in [3.63, 3.8) is 0 Å². The first-order valence-electron chi connectivity index (χ1n) is 6.84. The van der Waals surface area contributed by atoms with Gasteiger partial charge in [0.1, 0.15) is 5.82 Å². The first-order chi connectivity index (χ1) is 9.11. The van der Waals surface area contributed by atoms with Crippen molar-refractivity contribution in [2.24, 2.45) is 17.4 Å². The van der Waals surface area contributed by atoms with Crippen LogP contribution in [0.2, 0.25) is 0 Å². The van der Waals surface area contributed by atoms with Gasteiger partial charge in [0.25, 0.3) is 5.91 Å². The molecule has 0 aliphatic carbocycles. The van der Waals surface area contributed by atoms with E-state index in [1.165, 1.54) is 6.42 Å². The molecule has 1 fully saturated rings. The van der Waals surface area contributed by atoms with Crippen molar-refractivity contribution in [1.82, 2.24) is 4.98 Å². The largest absolute Gasteiger partial charge is 0.365 e. The van der Waals surface area contributed by atoms with Crippen molar-refractivity contribution in [2.75, 3.05) is 24.5 Å². The lowest BCUT2D eigenvalue weighted by atomic mass is 9.94. The molecule has 1 atom stereocenters. The zero-order valence-corrected chi connectivity index (χ0v) is 11.4. The van der Waals surface area contributed by atoms with Crippen LogP contribution in [0, 0.1) is 12.8 Å². The number of rotatable bonds is 4. The summed E-state index contributed by atoms with van der Waals surface area (Å²) in [5.74, 6) is 0.902. The van der Waals surface area contributed by atoms with Crippen LogP contribution in [0.25, 0.3) is 0 Å². The second-order valence-corrected chi connectivity index (χ2v) is 5.22.